The summed E-state index contributed by atoms with van der Waals surface area (Å²) in [6, 6.07) is 2.41. The van der Waals surface area contributed by atoms with E-state index in [1.807, 2.05) is 11.3 Å². The van der Waals surface area contributed by atoms with Gasteiger partial charge in [-0.3, -0.25) is 0 Å². The highest BCUT2D eigenvalue weighted by molar-refractivity contribution is 9.10. The molecule has 2 rings (SSSR count). The fraction of sp³-hybridized carbons (Fsp3) is 0.600. The maximum Gasteiger partial charge on any atom is 0.0403 e. The van der Waals surface area contributed by atoms with Gasteiger partial charge in [0.05, 0.1) is 0 Å². The lowest BCUT2D eigenvalue weighted by Gasteiger charge is -2.08. The summed E-state index contributed by atoms with van der Waals surface area (Å²) in [5.74, 6) is 0.907. The minimum atomic E-state index is 0.251. The first-order chi connectivity index (χ1) is 6.16. The van der Waals surface area contributed by atoms with Crippen LogP contribution in [0.5, 0.6) is 0 Å². The Morgan fingerprint density at radius 3 is 2.85 bits per heavy atom. The number of rotatable bonds is 3. The lowest BCUT2D eigenvalue weighted by atomic mass is 10.1. The van der Waals surface area contributed by atoms with Crippen molar-refractivity contribution in [1.29, 1.82) is 0 Å². The SMILES string of the molecule is Cc1cc(Br)c(C(N)CC2CC2)s1. The van der Waals surface area contributed by atoms with E-state index in [0.717, 1.165) is 5.92 Å². The van der Waals surface area contributed by atoms with Gasteiger partial charge in [-0.25, -0.2) is 0 Å². The maximum atomic E-state index is 6.13. The highest BCUT2D eigenvalue weighted by atomic mass is 79.9. The summed E-state index contributed by atoms with van der Waals surface area (Å²) < 4.78 is 1.20. The van der Waals surface area contributed by atoms with Crippen LogP contribution < -0.4 is 5.73 Å². The first-order valence-corrected chi connectivity index (χ1v) is 6.29. The van der Waals surface area contributed by atoms with Crippen LogP contribution in [-0.2, 0) is 0 Å². The zero-order valence-electron chi connectivity index (χ0n) is 7.72. The van der Waals surface area contributed by atoms with Crippen molar-refractivity contribution in [3.63, 3.8) is 0 Å². The summed E-state index contributed by atoms with van der Waals surface area (Å²) in [5.41, 5.74) is 6.13. The van der Waals surface area contributed by atoms with E-state index in [2.05, 4.69) is 28.9 Å². The Morgan fingerprint density at radius 2 is 2.38 bits per heavy atom. The molecule has 0 aliphatic heterocycles. The third-order valence-electron chi connectivity index (χ3n) is 2.46. The number of aryl methyl sites for hydroxylation is 1. The van der Waals surface area contributed by atoms with E-state index < -0.39 is 0 Å². The number of hydrogen-bond acceptors (Lipinski definition) is 2. The van der Waals surface area contributed by atoms with Crippen LogP contribution in [0.2, 0.25) is 0 Å². The molecule has 1 heterocycles. The van der Waals surface area contributed by atoms with Crippen LogP contribution in [0.4, 0.5) is 0 Å². The monoisotopic (exact) mass is 259 g/mol. The topological polar surface area (TPSA) is 26.0 Å². The van der Waals surface area contributed by atoms with E-state index in [1.165, 1.54) is 33.5 Å². The number of halogens is 1. The van der Waals surface area contributed by atoms with Gasteiger partial charge in [-0.2, -0.15) is 0 Å². The molecule has 0 bridgehead atoms. The van der Waals surface area contributed by atoms with Crippen molar-refractivity contribution in [3.8, 4) is 0 Å². The summed E-state index contributed by atoms with van der Waals surface area (Å²) in [7, 11) is 0. The third kappa shape index (κ3) is 2.33. The Bertz CT molecular complexity index is 304. The molecule has 72 valence electrons. The standard InChI is InChI=1S/C10H14BrNS/c1-6-4-8(11)10(13-6)9(12)5-7-2-3-7/h4,7,9H,2-3,5,12H2,1H3. The van der Waals surface area contributed by atoms with E-state index in [9.17, 15) is 0 Å². The van der Waals surface area contributed by atoms with Crippen LogP contribution in [0.3, 0.4) is 0 Å². The van der Waals surface area contributed by atoms with Crippen LogP contribution in [0.25, 0.3) is 0 Å². The molecule has 1 saturated carbocycles. The smallest absolute Gasteiger partial charge is 0.0403 e. The molecule has 3 heteroatoms. The van der Waals surface area contributed by atoms with Crippen molar-refractivity contribution in [2.45, 2.75) is 32.2 Å². The Balaban J connectivity index is 2.08. The second kappa shape index (κ2) is 3.71. The molecule has 0 spiro atoms. The van der Waals surface area contributed by atoms with Gasteiger partial charge in [-0.15, -0.1) is 11.3 Å². The molecule has 13 heavy (non-hydrogen) atoms. The van der Waals surface area contributed by atoms with E-state index in [1.54, 1.807) is 0 Å². The van der Waals surface area contributed by atoms with Gasteiger partial charge in [-0.05, 0) is 41.3 Å². The Labute approximate surface area is 91.5 Å². The van der Waals surface area contributed by atoms with Crippen LogP contribution in [0, 0.1) is 12.8 Å². The fourth-order valence-corrected chi connectivity index (χ4v) is 3.53. The van der Waals surface area contributed by atoms with E-state index in [-0.39, 0.29) is 6.04 Å². The van der Waals surface area contributed by atoms with Crippen molar-refractivity contribution in [2.75, 3.05) is 0 Å². The van der Waals surface area contributed by atoms with Gasteiger partial charge in [0, 0.05) is 20.3 Å². The van der Waals surface area contributed by atoms with Crippen molar-refractivity contribution in [2.24, 2.45) is 11.7 Å². The molecule has 1 aromatic heterocycles. The lowest BCUT2D eigenvalue weighted by Crippen LogP contribution is -2.09. The molecular weight excluding hydrogens is 246 g/mol. The number of nitrogens with two attached hydrogens (primary N) is 1. The predicted molar refractivity (Wildman–Crippen MR) is 61.0 cm³/mol. The summed E-state index contributed by atoms with van der Waals surface area (Å²) in [4.78, 5) is 2.66. The van der Waals surface area contributed by atoms with Gasteiger partial charge < -0.3 is 5.73 Å². The highest BCUT2D eigenvalue weighted by Gasteiger charge is 2.25. The molecule has 0 amide bonds. The average Bonchev–Trinajstić information content (AvgIpc) is 2.77. The van der Waals surface area contributed by atoms with E-state index in [4.69, 9.17) is 5.73 Å². The molecule has 0 aromatic carbocycles. The van der Waals surface area contributed by atoms with Crippen LogP contribution in [-0.4, -0.2) is 0 Å². The zero-order valence-corrected chi connectivity index (χ0v) is 10.1. The second-order valence-electron chi connectivity index (χ2n) is 3.85. The van der Waals surface area contributed by atoms with Crippen molar-refractivity contribution in [3.05, 3.63) is 20.3 Å². The van der Waals surface area contributed by atoms with Crippen LogP contribution in [0.1, 0.15) is 35.1 Å². The Morgan fingerprint density at radius 1 is 1.69 bits per heavy atom. The molecule has 0 radical (unpaired) electrons. The van der Waals surface area contributed by atoms with Gasteiger partial charge in [-0.1, -0.05) is 12.8 Å². The number of thiophene rings is 1. The van der Waals surface area contributed by atoms with Gasteiger partial charge in [0.2, 0.25) is 0 Å². The fourth-order valence-electron chi connectivity index (χ4n) is 1.57. The highest BCUT2D eigenvalue weighted by Crippen LogP contribution is 2.40. The predicted octanol–water partition coefficient (Wildman–Crippen LogP) is 3.62. The van der Waals surface area contributed by atoms with Crippen molar-refractivity contribution < 1.29 is 0 Å². The first kappa shape index (κ1) is 9.69. The minimum Gasteiger partial charge on any atom is -0.323 e. The van der Waals surface area contributed by atoms with E-state index in [0.29, 0.717) is 0 Å². The second-order valence-corrected chi connectivity index (χ2v) is 6.00. The zero-order chi connectivity index (χ0) is 9.42. The molecule has 2 N–H and O–H groups in total. The normalized spacial score (nSPS) is 19.0. The minimum absolute atomic E-state index is 0.251. The lowest BCUT2D eigenvalue weighted by molar-refractivity contribution is 0.603. The quantitative estimate of drug-likeness (QED) is 0.882. The molecule has 1 aliphatic carbocycles. The molecular formula is C10H14BrNS. The molecule has 1 aliphatic rings. The Kier molecular flexibility index (Phi) is 2.77. The van der Waals surface area contributed by atoms with Crippen LogP contribution in [0.15, 0.2) is 10.5 Å². The molecule has 1 unspecified atom stereocenters. The number of hydrogen-bond donors (Lipinski definition) is 1. The maximum absolute atomic E-state index is 6.13. The van der Waals surface area contributed by atoms with Crippen LogP contribution >= 0.6 is 27.3 Å². The van der Waals surface area contributed by atoms with E-state index >= 15 is 0 Å². The average molecular weight is 260 g/mol. The van der Waals surface area contributed by atoms with Gasteiger partial charge in [0.15, 0.2) is 0 Å². The molecule has 1 fully saturated rings. The summed E-state index contributed by atoms with van der Waals surface area (Å²) in [6.45, 7) is 2.13. The van der Waals surface area contributed by atoms with Crippen molar-refractivity contribution in [1.82, 2.24) is 0 Å². The van der Waals surface area contributed by atoms with Gasteiger partial charge >= 0.3 is 0 Å². The summed E-state index contributed by atoms with van der Waals surface area (Å²) in [6.07, 6.45) is 3.93. The molecule has 1 atom stereocenters. The summed E-state index contributed by atoms with van der Waals surface area (Å²) in [5, 5.41) is 0. The molecule has 0 saturated heterocycles. The third-order valence-corrected chi connectivity index (χ3v) is 4.56. The largest absolute Gasteiger partial charge is 0.323 e. The van der Waals surface area contributed by atoms with Gasteiger partial charge in [0.1, 0.15) is 0 Å². The molecule has 1 nitrogen and oxygen atoms in total. The molecule has 1 aromatic rings. The summed E-state index contributed by atoms with van der Waals surface area (Å²) >= 11 is 5.38. The van der Waals surface area contributed by atoms with Crippen molar-refractivity contribution >= 4 is 27.3 Å². The first-order valence-electron chi connectivity index (χ1n) is 4.68. The van der Waals surface area contributed by atoms with Gasteiger partial charge in [0.25, 0.3) is 0 Å². The Hall–Kier alpha value is 0.140.